The third kappa shape index (κ3) is 3.94. The highest BCUT2D eigenvalue weighted by Crippen LogP contribution is 2.32. The van der Waals surface area contributed by atoms with Gasteiger partial charge in [0.1, 0.15) is 0 Å². The lowest BCUT2D eigenvalue weighted by atomic mass is 10.0. The molecule has 5 heteroatoms. The van der Waals surface area contributed by atoms with E-state index in [-0.39, 0.29) is 12.7 Å². The molecule has 0 radical (unpaired) electrons. The minimum atomic E-state index is 0.0619. The Hall–Kier alpha value is -2.53. The van der Waals surface area contributed by atoms with Crippen molar-refractivity contribution < 1.29 is 14.3 Å². The first-order valence-electron chi connectivity index (χ1n) is 8.63. The summed E-state index contributed by atoms with van der Waals surface area (Å²) < 4.78 is 10.8. The van der Waals surface area contributed by atoms with E-state index in [9.17, 15) is 4.79 Å². The Morgan fingerprint density at radius 3 is 2.76 bits per heavy atom. The number of nitrogens with zero attached hydrogens (tertiary/aromatic N) is 1. The predicted molar refractivity (Wildman–Crippen MR) is 97.1 cm³/mol. The van der Waals surface area contributed by atoms with Gasteiger partial charge in [0.15, 0.2) is 11.5 Å². The highest BCUT2D eigenvalue weighted by Gasteiger charge is 2.19. The van der Waals surface area contributed by atoms with E-state index >= 15 is 0 Å². The Kier molecular flexibility index (Phi) is 5.56. The molecule has 25 heavy (non-hydrogen) atoms. The fraction of sp³-hybridized carbons (Fsp3) is 0.350. The van der Waals surface area contributed by atoms with Gasteiger partial charge in [-0.15, -0.1) is 0 Å². The van der Waals surface area contributed by atoms with E-state index in [4.69, 9.17) is 9.47 Å². The van der Waals surface area contributed by atoms with Gasteiger partial charge < -0.3 is 19.7 Å². The summed E-state index contributed by atoms with van der Waals surface area (Å²) in [6, 6.07) is 13.7. The minimum absolute atomic E-state index is 0.0619. The van der Waals surface area contributed by atoms with E-state index < -0.39 is 0 Å². The van der Waals surface area contributed by atoms with E-state index in [0.717, 1.165) is 41.2 Å². The summed E-state index contributed by atoms with van der Waals surface area (Å²) in [7, 11) is 1.92. The van der Waals surface area contributed by atoms with Crippen molar-refractivity contribution in [2.24, 2.45) is 0 Å². The van der Waals surface area contributed by atoms with E-state index in [1.54, 1.807) is 0 Å². The van der Waals surface area contributed by atoms with E-state index in [0.29, 0.717) is 13.1 Å². The number of nitrogens with one attached hydrogen (secondary N) is 1. The van der Waals surface area contributed by atoms with E-state index in [1.807, 2.05) is 61.3 Å². The van der Waals surface area contributed by atoms with Crippen molar-refractivity contribution in [2.45, 2.75) is 19.9 Å². The molecule has 1 aliphatic heterocycles. The first-order chi connectivity index (χ1) is 12.2. The van der Waals surface area contributed by atoms with Crippen molar-refractivity contribution in [3.63, 3.8) is 0 Å². The second-order valence-electron chi connectivity index (χ2n) is 6.02. The van der Waals surface area contributed by atoms with Gasteiger partial charge in [0.2, 0.25) is 6.79 Å². The monoisotopic (exact) mass is 340 g/mol. The summed E-state index contributed by atoms with van der Waals surface area (Å²) in [5, 5.41) is 3.14. The molecule has 1 aliphatic rings. The van der Waals surface area contributed by atoms with E-state index in [2.05, 4.69) is 5.32 Å². The van der Waals surface area contributed by atoms with Crippen molar-refractivity contribution >= 4 is 5.91 Å². The molecule has 2 aromatic rings. The molecule has 0 bridgehead atoms. The topological polar surface area (TPSA) is 50.8 Å². The van der Waals surface area contributed by atoms with Crippen LogP contribution in [0.5, 0.6) is 11.5 Å². The summed E-state index contributed by atoms with van der Waals surface area (Å²) in [6.45, 7) is 4.30. The molecule has 0 saturated heterocycles. The van der Waals surface area contributed by atoms with Crippen LogP contribution in [0.2, 0.25) is 0 Å². The number of benzene rings is 2. The van der Waals surface area contributed by atoms with Crippen LogP contribution in [-0.4, -0.2) is 37.7 Å². The molecule has 0 aliphatic carbocycles. The number of ether oxygens (including phenoxy) is 2. The zero-order valence-electron chi connectivity index (χ0n) is 14.7. The molecule has 5 nitrogen and oxygen atoms in total. The first kappa shape index (κ1) is 17.3. The molecule has 0 atom stereocenters. The first-order valence-corrected chi connectivity index (χ1v) is 8.63. The maximum atomic E-state index is 13.0. The molecule has 3 rings (SSSR count). The lowest BCUT2D eigenvalue weighted by Gasteiger charge is -2.22. The Bertz CT molecular complexity index is 745. The number of hydrogen-bond donors (Lipinski definition) is 1. The fourth-order valence-corrected chi connectivity index (χ4v) is 2.96. The maximum absolute atomic E-state index is 13.0. The van der Waals surface area contributed by atoms with Gasteiger partial charge in [-0.2, -0.15) is 0 Å². The van der Waals surface area contributed by atoms with Gasteiger partial charge in [-0.3, -0.25) is 4.79 Å². The lowest BCUT2D eigenvalue weighted by molar-refractivity contribution is 0.0751. The standard InChI is InChI=1S/C20H24N2O3/c1-3-22(13-15-8-9-18-19(12-15)25-14-24-18)20(23)17-7-5-4-6-16(17)10-11-21-2/h4-9,12,21H,3,10-11,13-14H2,1-2H3. The molecule has 0 spiro atoms. The fourth-order valence-electron chi connectivity index (χ4n) is 2.96. The Morgan fingerprint density at radius 1 is 1.16 bits per heavy atom. The summed E-state index contributed by atoms with van der Waals surface area (Å²) in [5.74, 6) is 1.57. The predicted octanol–water partition coefficient (Wildman–Crippen LogP) is 2.84. The van der Waals surface area contributed by atoms with Crippen LogP contribution < -0.4 is 14.8 Å². The van der Waals surface area contributed by atoms with Crippen LogP contribution >= 0.6 is 0 Å². The second kappa shape index (κ2) is 8.03. The quantitative estimate of drug-likeness (QED) is 0.842. The molecule has 2 aromatic carbocycles. The Balaban J connectivity index is 1.78. The van der Waals surface area contributed by atoms with Crippen LogP contribution in [-0.2, 0) is 13.0 Å². The highest BCUT2D eigenvalue weighted by atomic mass is 16.7. The summed E-state index contributed by atoms with van der Waals surface area (Å²) in [5.41, 5.74) is 2.89. The van der Waals surface area contributed by atoms with E-state index in [1.165, 1.54) is 0 Å². The third-order valence-corrected chi connectivity index (χ3v) is 4.37. The number of carbonyl (C=O) groups excluding carboxylic acids is 1. The Labute approximate surface area is 148 Å². The lowest BCUT2D eigenvalue weighted by Crippen LogP contribution is -2.31. The number of likely N-dealkylation sites (N-methyl/N-ethyl adjacent to an activating group) is 1. The minimum Gasteiger partial charge on any atom is -0.454 e. The maximum Gasteiger partial charge on any atom is 0.254 e. The van der Waals surface area contributed by atoms with Crippen LogP contribution in [0, 0.1) is 0 Å². The van der Waals surface area contributed by atoms with Crippen LogP contribution in [0.1, 0.15) is 28.4 Å². The third-order valence-electron chi connectivity index (χ3n) is 4.37. The molecule has 0 unspecified atom stereocenters. The number of hydrogen-bond acceptors (Lipinski definition) is 4. The molecule has 1 N–H and O–H groups in total. The molecular weight excluding hydrogens is 316 g/mol. The van der Waals surface area contributed by atoms with Crippen LogP contribution in [0.25, 0.3) is 0 Å². The number of amides is 1. The van der Waals surface area contributed by atoms with Gasteiger partial charge in [0.05, 0.1) is 0 Å². The van der Waals surface area contributed by atoms with Crippen molar-refractivity contribution in [2.75, 3.05) is 26.9 Å². The molecule has 0 aromatic heterocycles. The largest absolute Gasteiger partial charge is 0.454 e. The summed E-state index contributed by atoms with van der Waals surface area (Å²) in [6.07, 6.45) is 0.833. The van der Waals surface area contributed by atoms with Crippen LogP contribution in [0.4, 0.5) is 0 Å². The van der Waals surface area contributed by atoms with Gasteiger partial charge in [-0.05, 0) is 56.3 Å². The summed E-state index contributed by atoms with van der Waals surface area (Å²) in [4.78, 5) is 14.9. The second-order valence-corrected chi connectivity index (χ2v) is 6.02. The highest BCUT2D eigenvalue weighted by molar-refractivity contribution is 5.95. The molecule has 132 valence electrons. The van der Waals surface area contributed by atoms with Crippen LogP contribution in [0.15, 0.2) is 42.5 Å². The van der Waals surface area contributed by atoms with Crippen molar-refractivity contribution in [3.05, 3.63) is 59.2 Å². The van der Waals surface area contributed by atoms with Gasteiger partial charge >= 0.3 is 0 Å². The SMILES string of the molecule is CCN(Cc1ccc2c(c1)OCO2)C(=O)c1ccccc1CCNC. The van der Waals surface area contributed by atoms with Gasteiger partial charge in [-0.25, -0.2) is 0 Å². The molecule has 1 heterocycles. The summed E-state index contributed by atoms with van der Waals surface area (Å²) >= 11 is 0. The molecule has 0 fully saturated rings. The average molecular weight is 340 g/mol. The average Bonchev–Trinajstić information content (AvgIpc) is 3.12. The van der Waals surface area contributed by atoms with Crippen molar-refractivity contribution in [1.29, 1.82) is 0 Å². The smallest absolute Gasteiger partial charge is 0.254 e. The molecular formula is C20H24N2O3. The Morgan fingerprint density at radius 2 is 1.96 bits per heavy atom. The number of rotatable bonds is 7. The zero-order chi connectivity index (χ0) is 17.6. The number of fused-ring (bicyclic) bond motifs is 1. The normalized spacial score (nSPS) is 12.2. The van der Waals surface area contributed by atoms with Crippen molar-refractivity contribution in [3.8, 4) is 11.5 Å². The zero-order valence-corrected chi connectivity index (χ0v) is 14.7. The van der Waals surface area contributed by atoms with Crippen molar-refractivity contribution in [1.82, 2.24) is 10.2 Å². The van der Waals surface area contributed by atoms with Gasteiger partial charge in [0, 0.05) is 18.7 Å². The number of carbonyl (C=O) groups is 1. The van der Waals surface area contributed by atoms with Gasteiger partial charge in [0.25, 0.3) is 5.91 Å². The van der Waals surface area contributed by atoms with Crippen LogP contribution in [0.3, 0.4) is 0 Å². The molecule has 1 amide bonds. The molecule has 0 saturated carbocycles. The van der Waals surface area contributed by atoms with Gasteiger partial charge in [-0.1, -0.05) is 24.3 Å².